The first-order valence-electron chi connectivity index (χ1n) is 6.37. The highest BCUT2D eigenvalue weighted by Crippen LogP contribution is 2.28. The van der Waals surface area contributed by atoms with Crippen molar-refractivity contribution in [3.05, 3.63) is 44.9 Å². The summed E-state index contributed by atoms with van der Waals surface area (Å²) < 4.78 is 34.4. The van der Waals surface area contributed by atoms with Crippen molar-refractivity contribution in [1.82, 2.24) is 5.32 Å². The lowest BCUT2D eigenvalue weighted by atomic mass is 10.2. The molecule has 0 amide bonds. The minimum atomic E-state index is -3.68. The van der Waals surface area contributed by atoms with E-state index in [2.05, 4.69) is 32.6 Å². The lowest BCUT2D eigenvalue weighted by molar-refractivity contribution is 0.494. The van der Waals surface area contributed by atoms with E-state index in [0.717, 1.165) is 3.57 Å². The highest BCUT2D eigenvalue weighted by molar-refractivity contribution is 14.1. The van der Waals surface area contributed by atoms with Crippen LogP contribution in [-0.2, 0) is 16.6 Å². The van der Waals surface area contributed by atoms with Crippen molar-refractivity contribution in [3.8, 4) is 0 Å². The number of halogens is 1. The number of sulfonamides is 1. The van der Waals surface area contributed by atoms with Crippen LogP contribution in [0.5, 0.6) is 0 Å². The molecule has 0 spiro atoms. The quantitative estimate of drug-likeness (QED) is 0.730. The van der Waals surface area contributed by atoms with Gasteiger partial charge in [-0.05, 0) is 67.8 Å². The number of rotatable bonds is 5. The maximum atomic E-state index is 12.6. The van der Waals surface area contributed by atoms with Gasteiger partial charge >= 0.3 is 0 Å². The second-order valence-corrected chi connectivity index (χ2v) is 7.53. The van der Waals surface area contributed by atoms with Gasteiger partial charge in [0.15, 0.2) is 0 Å². The van der Waals surface area contributed by atoms with E-state index in [1.165, 1.54) is 0 Å². The summed E-state index contributed by atoms with van der Waals surface area (Å²) in [6.07, 6.45) is 0. The molecule has 0 aliphatic carbocycles. The van der Waals surface area contributed by atoms with E-state index in [1.54, 1.807) is 33.0 Å². The number of nitrogens with one attached hydrogen (secondary N) is 2. The van der Waals surface area contributed by atoms with E-state index in [9.17, 15) is 8.42 Å². The third-order valence-electron chi connectivity index (χ3n) is 3.04. The van der Waals surface area contributed by atoms with Gasteiger partial charge in [-0.15, -0.1) is 0 Å². The van der Waals surface area contributed by atoms with Crippen LogP contribution < -0.4 is 10.0 Å². The predicted octanol–water partition coefficient (Wildman–Crippen LogP) is 3.02. The molecule has 114 valence electrons. The zero-order valence-corrected chi connectivity index (χ0v) is 15.0. The van der Waals surface area contributed by atoms with Crippen LogP contribution >= 0.6 is 22.6 Å². The monoisotopic (exact) mass is 420 g/mol. The molecule has 0 atom stereocenters. The van der Waals surface area contributed by atoms with Gasteiger partial charge in [-0.1, -0.05) is 0 Å². The average Bonchev–Trinajstić information content (AvgIpc) is 2.68. The van der Waals surface area contributed by atoms with E-state index in [-0.39, 0.29) is 4.90 Å². The number of hydrogen-bond acceptors (Lipinski definition) is 4. The summed E-state index contributed by atoms with van der Waals surface area (Å²) in [5.41, 5.74) is 1.19. The Hall–Kier alpha value is -1.06. The largest absolute Gasteiger partial charge is 0.465 e. The van der Waals surface area contributed by atoms with Crippen LogP contribution in [0.4, 0.5) is 5.69 Å². The average molecular weight is 420 g/mol. The summed E-state index contributed by atoms with van der Waals surface area (Å²) in [5, 5.41) is 2.97. The molecule has 0 unspecified atom stereocenters. The Balaban J connectivity index is 2.42. The molecule has 0 saturated heterocycles. The van der Waals surface area contributed by atoms with Gasteiger partial charge in [0.1, 0.15) is 16.4 Å². The zero-order valence-electron chi connectivity index (χ0n) is 12.0. The Morgan fingerprint density at radius 2 is 1.76 bits per heavy atom. The minimum Gasteiger partial charge on any atom is -0.465 e. The molecule has 0 fully saturated rings. The summed E-state index contributed by atoms with van der Waals surface area (Å²) in [7, 11) is -1.91. The number of anilines is 1. The zero-order chi connectivity index (χ0) is 15.6. The Morgan fingerprint density at radius 1 is 1.14 bits per heavy atom. The molecule has 0 aliphatic rings. The van der Waals surface area contributed by atoms with E-state index >= 15 is 0 Å². The van der Waals surface area contributed by atoms with Crippen molar-refractivity contribution in [3.63, 3.8) is 0 Å². The summed E-state index contributed by atoms with van der Waals surface area (Å²) in [6, 6.07) is 7.17. The standard InChI is InChI=1S/C14H17IN2O3S/c1-9-13(8-16-3)14(10(2)20-9)21(18,19)17-12-6-4-11(15)5-7-12/h4-7,16-17H,8H2,1-3H3. The molecule has 2 N–H and O–H groups in total. The van der Waals surface area contributed by atoms with Crippen molar-refractivity contribution >= 4 is 38.3 Å². The predicted molar refractivity (Wildman–Crippen MR) is 90.9 cm³/mol. The van der Waals surface area contributed by atoms with Crippen molar-refractivity contribution in [2.45, 2.75) is 25.3 Å². The van der Waals surface area contributed by atoms with Crippen LogP contribution in [0.1, 0.15) is 17.1 Å². The Labute approximate surface area is 138 Å². The lowest BCUT2D eigenvalue weighted by Gasteiger charge is -2.09. The molecule has 7 heteroatoms. The SMILES string of the molecule is CNCc1c(C)oc(C)c1S(=O)(=O)Nc1ccc(I)cc1. The van der Waals surface area contributed by atoms with Gasteiger partial charge in [-0.25, -0.2) is 8.42 Å². The van der Waals surface area contributed by atoms with Gasteiger partial charge in [0.25, 0.3) is 10.0 Å². The van der Waals surface area contributed by atoms with Gasteiger partial charge < -0.3 is 9.73 Å². The van der Waals surface area contributed by atoms with E-state index in [4.69, 9.17) is 4.42 Å². The van der Waals surface area contributed by atoms with E-state index < -0.39 is 10.0 Å². The third-order valence-corrected chi connectivity index (χ3v) is 5.34. The van der Waals surface area contributed by atoms with Gasteiger partial charge in [-0.3, -0.25) is 4.72 Å². The van der Waals surface area contributed by atoms with E-state index in [0.29, 0.717) is 29.3 Å². The first kappa shape index (κ1) is 16.3. The molecule has 2 rings (SSSR count). The maximum absolute atomic E-state index is 12.6. The van der Waals surface area contributed by atoms with Crippen LogP contribution in [-0.4, -0.2) is 15.5 Å². The topological polar surface area (TPSA) is 71.3 Å². The highest BCUT2D eigenvalue weighted by atomic mass is 127. The van der Waals surface area contributed by atoms with Crippen molar-refractivity contribution in [2.24, 2.45) is 0 Å². The minimum absolute atomic E-state index is 0.216. The Morgan fingerprint density at radius 3 is 2.33 bits per heavy atom. The lowest BCUT2D eigenvalue weighted by Crippen LogP contribution is -2.17. The first-order valence-corrected chi connectivity index (χ1v) is 8.93. The van der Waals surface area contributed by atoms with Crippen LogP contribution in [0, 0.1) is 17.4 Å². The molecule has 0 bridgehead atoms. The van der Waals surface area contributed by atoms with Gasteiger partial charge in [0.05, 0.1) is 0 Å². The number of benzene rings is 1. The van der Waals surface area contributed by atoms with Crippen LogP contribution in [0.25, 0.3) is 0 Å². The molecule has 0 aliphatic heterocycles. The van der Waals surface area contributed by atoms with E-state index in [1.807, 2.05) is 12.1 Å². The molecule has 21 heavy (non-hydrogen) atoms. The third kappa shape index (κ3) is 3.58. The van der Waals surface area contributed by atoms with Crippen LogP contribution in [0.15, 0.2) is 33.6 Å². The summed E-state index contributed by atoms with van der Waals surface area (Å²) >= 11 is 2.17. The Bertz CT molecular complexity index is 736. The molecule has 0 saturated carbocycles. The molecular formula is C14H17IN2O3S. The first-order chi connectivity index (χ1) is 9.85. The van der Waals surface area contributed by atoms with Crippen LogP contribution in [0.3, 0.4) is 0 Å². The van der Waals surface area contributed by atoms with Crippen LogP contribution in [0.2, 0.25) is 0 Å². The van der Waals surface area contributed by atoms with Gasteiger partial charge in [-0.2, -0.15) is 0 Å². The van der Waals surface area contributed by atoms with Crippen molar-refractivity contribution in [1.29, 1.82) is 0 Å². The molecular weight excluding hydrogens is 403 g/mol. The number of hydrogen-bond donors (Lipinski definition) is 2. The maximum Gasteiger partial charge on any atom is 0.265 e. The molecule has 5 nitrogen and oxygen atoms in total. The second kappa shape index (κ2) is 6.37. The smallest absolute Gasteiger partial charge is 0.265 e. The molecule has 0 radical (unpaired) electrons. The second-order valence-electron chi connectivity index (χ2n) is 4.66. The number of furan rings is 1. The van der Waals surface area contributed by atoms with Crippen molar-refractivity contribution < 1.29 is 12.8 Å². The van der Waals surface area contributed by atoms with Crippen molar-refractivity contribution in [2.75, 3.05) is 11.8 Å². The molecule has 1 heterocycles. The summed E-state index contributed by atoms with van der Waals surface area (Å²) in [6.45, 7) is 3.87. The Kier molecular flexibility index (Phi) is 4.95. The summed E-state index contributed by atoms with van der Waals surface area (Å²) in [5.74, 6) is 1.01. The molecule has 1 aromatic carbocycles. The molecule has 1 aromatic heterocycles. The van der Waals surface area contributed by atoms with Gasteiger partial charge in [0.2, 0.25) is 0 Å². The fourth-order valence-electron chi connectivity index (χ4n) is 2.17. The van der Waals surface area contributed by atoms with Gasteiger partial charge in [0, 0.05) is 21.4 Å². The number of aryl methyl sites for hydroxylation is 2. The fraction of sp³-hybridized carbons (Fsp3) is 0.286. The molecule has 2 aromatic rings. The fourth-order valence-corrected chi connectivity index (χ4v) is 4.04. The highest BCUT2D eigenvalue weighted by Gasteiger charge is 2.26. The normalized spacial score (nSPS) is 11.6. The summed E-state index contributed by atoms with van der Waals surface area (Å²) in [4.78, 5) is 0.216.